The molecule has 0 saturated heterocycles. The van der Waals surface area contributed by atoms with E-state index in [1.54, 1.807) is 30.5 Å². The number of benzene rings is 2. The van der Waals surface area contributed by atoms with Gasteiger partial charge in [0.05, 0.1) is 5.69 Å². The molecular formula is C23H22FNO2. The predicted octanol–water partition coefficient (Wildman–Crippen LogP) is 5.10. The van der Waals surface area contributed by atoms with Crippen LogP contribution in [0.3, 0.4) is 0 Å². The van der Waals surface area contributed by atoms with Crippen molar-refractivity contribution in [2.75, 3.05) is 0 Å². The Labute approximate surface area is 158 Å². The molecule has 0 amide bonds. The van der Waals surface area contributed by atoms with Gasteiger partial charge in [-0.2, -0.15) is 0 Å². The van der Waals surface area contributed by atoms with Gasteiger partial charge in [-0.15, -0.1) is 0 Å². The summed E-state index contributed by atoms with van der Waals surface area (Å²) in [5.74, 6) is -0.713. The average molecular weight is 363 g/mol. The summed E-state index contributed by atoms with van der Waals surface area (Å²) in [6.07, 6.45) is 1.75. The van der Waals surface area contributed by atoms with Crippen LogP contribution < -0.4 is 0 Å². The molecule has 0 unspecified atom stereocenters. The summed E-state index contributed by atoms with van der Waals surface area (Å²) in [6.45, 7) is 4.08. The number of carbonyl (C=O) groups excluding carboxylic acids is 1. The molecular weight excluding hydrogens is 341 g/mol. The minimum absolute atomic E-state index is 0.253. The highest BCUT2D eigenvalue weighted by molar-refractivity contribution is 5.70. The lowest BCUT2D eigenvalue weighted by Crippen LogP contribution is -2.14. The van der Waals surface area contributed by atoms with E-state index in [1.165, 1.54) is 17.7 Å². The molecule has 3 nitrogen and oxygen atoms in total. The summed E-state index contributed by atoms with van der Waals surface area (Å²) >= 11 is 0. The van der Waals surface area contributed by atoms with Gasteiger partial charge in [-0.3, -0.25) is 9.78 Å². The smallest absolute Gasteiger partial charge is 0.307 e. The van der Waals surface area contributed by atoms with Crippen LogP contribution in [0.25, 0.3) is 0 Å². The number of aryl methyl sites for hydroxylation is 3. The summed E-state index contributed by atoms with van der Waals surface area (Å²) in [4.78, 5) is 16.8. The van der Waals surface area contributed by atoms with Crippen molar-refractivity contribution in [1.29, 1.82) is 0 Å². The van der Waals surface area contributed by atoms with Gasteiger partial charge in [-0.05, 0) is 55.7 Å². The van der Waals surface area contributed by atoms with Crippen molar-refractivity contribution in [1.82, 2.24) is 4.98 Å². The van der Waals surface area contributed by atoms with Crippen molar-refractivity contribution in [2.45, 2.75) is 32.8 Å². The number of nitrogens with zero attached hydrogens (tertiary/aromatic N) is 1. The highest BCUT2D eigenvalue weighted by Gasteiger charge is 2.21. The largest absolute Gasteiger partial charge is 0.451 e. The molecule has 0 bridgehead atoms. The summed E-state index contributed by atoms with van der Waals surface area (Å²) in [6, 6.07) is 17.6. The number of carbonyl (C=O) groups is 1. The third-order valence-corrected chi connectivity index (χ3v) is 4.45. The van der Waals surface area contributed by atoms with Gasteiger partial charge in [-0.25, -0.2) is 4.39 Å². The zero-order valence-corrected chi connectivity index (χ0v) is 15.5. The molecule has 27 heavy (non-hydrogen) atoms. The maximum atomic E-state index is 13.7. The highest BCUT2D eigenvalue weighted by Crippen LogP contribution is 2.26. The molecule has 0 N–H and O–H groups in total. The molecule has 0 aliphatic rings. The van der Waals surface area contributed by atoms with Crippen LogP contribution in [0.5, 0.6) is 0 Å². The Morgan fingerprint density at radius 1 is 1.07 bits per heavy atom. The number of esters is 1. The van der Waals surface area contributed by atoms with E-state index in [1.807, 2.05) is 32.0 Å². The van der Waals surface area contributed by atoms with Crippen molar-refractivity contribution < 1.29 is 13.9 Å². The standard InChI is InChI=1S/C23H22FNO2/c1-16-9-10-18(17(2)14-16)11-12-22(26)27-23(21-8-3-4-13-25-21)19-6-5-7-20(24)15-19/h3-10,13-15,23H,11-12H2,1-2H3/t23-/m1/s1. The van der Waals surface area contributed by atoms with Crippen molar-refractivity contribution in [3.63, 3.8) is 0 Å². The van der Waals surface area contributed by atoms with E-state index < -0.39 is 6.10 Å². The molecule has 3 aromatic rings. The number of halogens is 1. The Hall–Kier alpha value is -3.01. The number of hydrogen-bond donors (Lipinski definition) is 0. The molecule has 0 saturated carbocycles. The third kappa shape index (κ3) is 5.00. The lowest BCUT2D eigenvalue weighted by molar-refractivity contribution is -0.147. The molecule has 1 atom stereocenters. The molecule has 0 spiro atoms. The third-order valence-electron chi connectivity index (χ3n) is 4.45. The van der Waals surface area contributed by atoms with Crippen LogP contribution in [0.15, 0.2) is 66.9 Å². The first kappa shape index (κ1) is 18.8. The van der Waals surface area contributed by atoms with Crippen molar-refractivity contribution in [3.05, 3.63) is 101 Å². The maximum Gasteiger partial charge on any atom is 0.307 e. The van der Waals surface area contributed by atoms with Gasteiger partial charge >= 0.3 is 5.97 Å². The number of pyridine rings is 1. The molecule has 1 aromatic heterocycles. The molecule has 0 aliphatic heterocycles. The van der Waals surface area contributed by atoms with Crippen molar-refractivity contribution in [2.24, 2.45) is 0 Å². The summed E-state index contributed by atoms with van der Waals surface area (Å²) in [7, 11) is 0. The van der Waals surface area contributed by atoms with Crippen molar-refractivity contribution in [3.8, 4) is 0 Å². The van der Waals surface area contributed by atoms with E-state index in [9.17, 15) is 9.18 Å². The topological polar surface area (TPSA) is 39.2 Å². The van der Waals surface area contributed by atoms with Crippen LogP contribution in [0.4, 0.5) is 4.39 Å². The molecule has 0 fully saturated rings. The second-order valence-corrected chi connectivity index (χ2v) is 6.61. The minimum atomic E-state index is -0.728. The van der Waals surface area contributed by atoms with Crippen LogP contribution in [-0.2, 0) is 16.0 Å². The van der Waals surface area contributed by atoms with Gasteiger partial charge < -0.3 is 4.74 Å². The van der Waals surface area contributed by atoms with Crippen LogP contribution in [-0.4, -0.2) is 11.0 Å². The van der Waals surface area contributed by atoms with Gasteiger partial charge in [0.25, 0.3) is 0 Å². The first-order valence-electron chi connectivity index (χ1n) is 8.95. The highest BCUT2D eigenvalue weighted by atomic mass is 19.1. The van der Waals surface area contributed by atoms with Crippen LogP contribution in [0.1, 0.15) is 40.5 Å². The summed E-state index contributed by atoms with van der Waals surface area (Å²) in [5, 5.41) is 0. The Kier molecular flexibility index (Phi) is 5.97. The van der Waals surface area contributed by atoms with Crippen LogP contribution in [0, 0.1) is 19.7 Å². The Morgan fingerprint density at radius 2 is 1.93 bits per heavy atom. The number of hydrogen-bond acceptors (Lipinski definition) is 3. The monoisotopic (exact) mass is 363 g/mol. The molecule has 3 rings (SSSR count). The first-order chi connectivity index (χ1) is 13.0. The zero-order valence-electron chi connectivity index (χ0n) is 15.5. The lowest BCUT2D eigenvalue weighted by atomic mass is 10.0. The maximum absolute atomic E-state index is 13.7. The van der Waals surface area contributed by atoms with Gasteiger partial charge in [0.1, 0.15) is 5.82 Å². The van der Waals surface area contributed by atoms with Crippen LogP contribution in [0.2, 0.25) is 0 Å². The fourth-order valence-electron chi connectivity index (χ4n) is 3.05. The SMILES string of the molecule is Cc1ccc(CCC(=O)O[C@H](c2cccc(F)c2)c2ccccn2)c(C)c1. The van der Waals surface area contributed by atoms with Gasteiger partial charge in [0, 0.05) is 18.2 Å². The van der Waals surface area contributed by atoms with Crippen molar-refractivity contribution >= 4 is 5.97 Å². The molecule has 4 heteroatoms. The van der Waals surface area contributed by atoms with Gasteiger partial charge in [0.2, 0.25) is 0 Å². The van der Waals surface area contributed by atoms with E-state index in [0.29, 0.717) is 17.7 Å². The van der Waals surface area contributed by atoms with Gasteiger partial charge in [0.15, 0.2) is 6.10 Å². The van der Waals surface area contributed by atoms with E-state index in [4.69, 9.17) is 4.74 Å². The van der Waals surface area contributed by atoms with E-state index >= 15 is 0 Å². The second-order valence-electron chi connectivity index (χ2n) is 6.61. The summed E-state index contributed by atoms with van der Waals surface area (Å²) < 4.78 is 19.4. The fraction of sp³-hybridized carbons (Fsp3) is 0.217. The number of rotatable bonds is 6. The Balaban J connectivity index is 1.74. The second kappa shape index (κ2) is 8.58. The Bertz CT molecular complexity index is 925. The Morgan fingerprint density at radius 3 is 2.63 bits per heavy atom. The quantitative estimate of drug-likeness (QED) is 0.572. The molecule has 0 radical (unpaired) electrons. The van der Waals surface area contributed by atoms with E-state index in [2.05, 4.69) is 11.1 Å². The number of ether oxygens (including phenoxy) is 1. The van der Waals surface area contributed by atoms with E-state index in [0.717, 1.165) is 11.1 Å². The lowest BCUT2D eigenvalue weighted by Gasteiger charge is -2.18. The number of aromatic nitrogens is 1. The molecule has 1 heterocycles. The summed E-state index contributed by atoms with van der Waals surface area (Å²) in [5.41, 5.74) is 4.61. The molecule has 0 aliphatic carbocycles. The fourth-order valence-corrected chi connectivity index (χ4v) is 3.05. The minimum Gasteiger partial charge on any atom is -0.451 e. The normalized spacial score (nSPS) is 11.8. The first-order valence-corrected chi connectivity index (χ1v) is 8.95. The predicted molar refractivity (Wildman–Crippen MR) is 103 cm³/mol. The molecule has 138 valence electrons. The average Bonchev–Trinajstić information content (AvgIpc) is 2.66. The van der Waals surface area contributed by atoms with Crippen LogP contribution >= 0.6 is 0 Å². The van der Waals surface area contributed by atoms with E-state index in [-0.39, 0.29) is 18.2 Å². The van der Waals surface area contributed by atoms with Gasteiger partial charge in [-0.1, -0.05) is 42.0 Å². The molecule has 2 aromatic carbocycles. The zero-order chi connectivity index (χ0) is 19.2.